The molecule has 0 radical (unpaired) electrons. The van der Waals surface area contributed by atoms with Gasteiger partial charge in [-0.2, -0.15) is 0 Å². The van der Waals surface area contributed by atoms with Crippen molar-refractivity contribution in [3.8, 4) is 0 Å². The number of esters is 1. The van der Waals surface area contributed by atoms with Crippen LogP contribution in [-0.2, 0) is 9.53 Å². The molecule has 0 aromatic heterocycles. The van der Waals surface area contributed by atoms with E-state index in [0.717, 1.165) is 12.0 Å². The summed E-state index contributed by atoms with van der Waals surface area (Å²) < 4.78 is 4.67. The van der Waals surface area contributed by atoms with E-state index in [-0.39, 0.29) is 5.97 Å². The van der Waals surface area contributed by atoms with Gasteiger partial charge in [-0.3, -0.25) is 0 Å². The summed E-state index contributed by atoms with van der Waals surface area (Å²) in [6.07, 6.45) is 2.25. The van der Waals surface area contributed by atoms with Crippen LogP contribution in [0.1, 0.15) is 27.2 Å². The lowest BCUT2D eigenvalue weighted by molar-refractivity contribution is -0.137. The number of hydrogen-bond acceptors (Lipinski definition) is 2. The molecule has 0 aliphatic heterocycles. The normalized spacial score (nSPS) is 8.27. The molecule has 0 heterocycles. The van der Waals surface area contributed by atoms with Crippen LogP contribution in [0.2, 0.25) is 0 Å². The van der Waals surface area contributed by atoms with E-state index in [2.05, 4.69) is 10.5 Å². The Kier molecular flexibility index (Phi) is 5.22. The van der Waals surface area contributed by atoms with Crippen LogP contribution < -0.4 is 0 Å². The molecule has 0 aromatic carbocycles. The molecule has 0 aliphatic rings. The molecule has 0 saturated carbocycles. The van der Waals surface area contributed by atoms with Crippen molar-refractivity contribution in [3.05, 3.63) is 17.4 Å². The Morgan fingerprint density at radius 1 is 1.55 bits per heavy atom. The molecule has 0 fully saturated rings. The predicted molar refractivity (Wildman–Crippen MR) is 44.2 cm³/mol. The summed E-state index contributed by atoms with van der Waals surface area (Å²) in [6, 6.07) is 0. The lowest BCUT2D eigenvalue weighted by Crippen LogP contribution is -1.98. The van der Waals surface area contributed by atoms with E-state index in [4.69, 9.17) is 0 Å². The molecule has 0 rings (SSSR count). The molecule has 2 heteroatoms. The highest BCUT2D eigenvalue weighted by Gasteiger charge is 1.90. The Labute approximate surface area is 67.6 Å². The fraction of sp³-hybridized carbons (Fsp3) is 0.556. The second-order valence-electron chi connectivity index (χ2n) is 2.17. The highest BCUT2D eigenvalue weighted by Crippen LogP contribution is 1.93. The third-order valence-corrected chi connectivity index (χ3v) is 1.25. The summed E-state index contributed by atoms with van der Waals surface area (Å²) >= 11 is 0. The molecular formula is C9H14O2. The van der Waals surface area contributed by atoms with Crippen molar-refractivity contribution in [3.63, 3.8) is 0 Å². The minimum atomic E-state index is -0.319. The lowest BCUT2D eigenvalue weighted by Gasteiger charge is -1.92. The number of carbonyl (C=O) groups is 1. The fourth-order valence-electron chi connectivity index (χ4n) is 0.468. The first kappa shape index (κ1) is 9.99. The van der Waals surface area contributed by atoms with Crippen LogP contribution >= 0.6 is 0 Å². The van der Waals surface area contributed by atoms with Gasteiger partial charge in [0.1, 0.15) is 0 Å². The zero-order chi connectivity index (χ0) is 8.69. The van der Waals surface area contributed by atoms with Gasteiger partial charge in [-0.1, -0.05) is 6.92 Å². The van der Waals surface area contributed by atoms with E-state index < -0.39 is 0 Å². The van der Waals surface area contributed by atoms with Gasteiger partial charge in [-0.15, -0.1) is 5.73 Å². The van der Waals surface area contributed by atoms with Gasteiger partial charge in [0.15, 0.2) is 0 Å². The second-order valence-corrected chi connectivity index (χ2v) is 2.17. The number of rotatable bonds is 3. The molecule has 0 amide bonds. The van der Waals surface area contributed by atoms with Crippen LogP contribution in [-0.4, -0.2) is 12.6 Å². The van der Waals surface area contributed by atoms with Gasteiger partial charge >= 0.3 is 5.97 Å². The van der Waals surface area contributed by atoms with Crippen molar-refractivity contribution >= 4 is 5.97 Å². The first-order valence-electron chi connectivity index (χ1n) is 3.79. The van der Waals surface area contributed by atoms with Gasteiger partial charge < -0.3 is 4.74 Å². The zero-order valence-electron chi connectivity index (χ0n) is 7.31. The standard InChI is InChI=1S/C9H14O2/c1-4-8(3)6-7-9(10)11-5-2/h7H,4-5H2,1-3H3. The van der Waals surface area contributed by atoms with Crippen molar-refractivity contribution in [1.29, 1.82) is 0 Å². The first-order valence-corrected chi connectivity index (χ1v) is 3.79. The van der Waals surface area contributed by atoms with Crippen LogP contribution in [0.5, 0.6) is 0 Å². The Hall–Kier alpha value is -1.01. The zero-order valence-corrected chi connectivity index (χ0v) is 7.31. The van der Waals surface area contributed by atoms with E-state index in [1.54, 1.807) is 6.92 Å². The van der Waals surface area contributed by atoms with Crippen molar-refractivity contribution in [2.45, 2.75) is 27.2 Å². The highest BCUT2D eigenvalue weighted by molar-refractivity contribution is 5.81. The minimum absolute atomic E-state index is 0.319. The van der Waals surface area contributed by atoms with Crippen LogP contribution in [0.4, 0.5) is 0 Å². The summed E-state index contributed by atoms with van der Waals surface area (Å²) in [5.74, 6) is -0.319. The SMILES string of the molecule is CCOC(=O)C=C=C(C)CC. The Balaban J connectivity index is 4.00. The fourth-order valence-corrected chi connectivity index (χ4v) is 0.468. The topological polar surface area (TPSA) is 26.3 Å². The average molecular weight is 154 g/mol. The molecule has 0 saturated heterocycles. The van der Waals surface area contributed by atoms with E-state index in [1.165, 1.54) is 6.08 Å². The van der Waals surface area contributed by atoms with E-state index in [9.17, 15) is 4.79 Å². The maximum atomic E-state index is 10.7. The monoisotopic (exact) mass is 154 g/mol. The number of ether oxygens (including phenoxy) is 1. The van der Waals surface area contributed by atoms with Gasteiger partial charge in [-0.05, 0) is 25.8 Å². The average Bonchev–Trinajstić information content (AvgIpc) is 2.01. The molecule has 0 aromatic rings. The third-order valence-electron chi connectivity index (χ3n) is 1.25. The third kappa shape index (κ3) is 5.43. The van der Waals surface area contributed by atoms with Crippen molar-refractivity contribution in [1.82, 2.24) is 0 Å². The maximum Gasteiger partial charge on any atom is 0.338 e. The van der Waals surface area contributed by atoms with Crippen molar-refractivity contribution < 1.29 is 9.53 Å². The molecular weight excluding hydrogens is 140 g/mol. The van der Waals surface area contributed by atoms with Gasteiger partial charge in [0.2, 0.25) is 0 Å². The van der Waals surface area contributed by atoms with Gasteiger partial charge in [0, 0.05) is 0 Å². The first-order chi connectivity index (χ1) is 5.20. The summed E-state index contributed by atoms with van der Waals surface area (Å²) in [6.45, 7) is 6.14. The predicted octanol–water partition coefficient (Wildman–Crippen LogP) is 2.06. The Morgan fingerprint density at radius 2 is 2.18 bits per heavy atom. The molecule has 0 spiro atoms. The van der Waals surface area contributed by atoms with Crippen molar-refractivity contribution in [2.24, 2.45) is 0 Å². The van der Waals surface area contributed by atoms with Crippen molar-refractivity contribution in [2.75, 3.05) is 6.61 Å². The second kappa shape index (κ2) is 5.75. The van der Waals surface area contributed by atoms with Gasteiger partial charge in [0.05, 0.1) is 12.7 Å². The number of carbonyl (C=O) groups excluding carboxylic acids is 1. The lowest BCUT2D eigenvalue weighted by atomic mass is 10.2. The molecule has 0 bridgehead atoms. The maximum absolute atomic E-state index is 10.7. The minimum Gasteiger partial charge on any atom is -0.462 e. The van der Waals surface area contributed by atoms with Gasteiger partial charge in [0.25, 0.3) is 0 Å². The number of hydrogen-bond donors (Lipinski definition) is 0. The Morgan fingerprint density at radius 3 is 2.64 bits per heavy atom. The molecule has 0 aliphatic carbocycles. The highest BCUT2D eigenvalue weighted by atomic mass is 16.5. The summed E-state index contributed by atoms with van der Waals surface area (Å²) in [4.78, 5) is 10.7. The Bertz CT molecular complexity index is 186. The molecule has 11 heavy (non-hydrogen) atoms. The van der Waals surface area contributed by atoms with Crippen LogP contribution in [0.3, 0.4) is 0 Å². The smallest absolute Gasteiger partial charge is 0.338 e. The van der Waals surface area contributed by atoms with Crippen LogP contribution in [0.15, 0.2) is 17.4 Å². The molecule has 0 unspecified atom stereocenters. The summed E-state index contributed by atoms with van der Waals surface area (Å²) in [5.41, 5.74) is 3.89. The summed E-state index contributed by atoms with van der Waals surface area (Å²) in [5, 5.41) is 0. The largest absolute Gasteiger partial charge is 0.462 e. The van der Waals surface area contributed by atoms with E-state index in [0.29, 0.717) is 6.61 Å². The van der Waals surface area contributed by atoms with Crippen LogP contribution in [0, 0.1) is 0 Å². The molecule has 2 nitrogen and oxygen atoms in total. The quantitative estimate of drug-likeness (QED) is 0.353. The van der Waals surface area contributed by atoms with Crippen LogP contribution in [0.25, 0.3) is 0 Å². The van der Waals surface area contributed by atoms with Gasteiger partial charge in [-0.25, -0.2) is 4.79 Å². The molecule has 62 valence electrons. The van der Waals surface area contributed by atoms with E-state index in [1.807, 2.05) is 13.8 Å². The molecule has 0 N–H and O–H groups in total. The molecule has 0 atom stereocenters. The summed E-state index contributed by atoms with van der Waals surface area (Å²) in [7, 11) is 0. The van der Waals surface area contributed by atoms with E-state index >= 15 is 0 Å².